The predicted molar refractivity (Wildman–Crippen MR) is 109 cm³/mol. The van der Waals surface area contributed by atoms with Crippen LogP contribution in [-0.4, -0.2) is 17.5 Å². The maximum atomic E-state index is 5.94. The molecule has 1 heterocycles. The Kier molecular flexibility index (Phi) is 8.02. The Bertz CT molecular complexity index is 636. The minimum absolute atomic E-state index is 0. The van der Waals surface area contributed by atoms with Gasteiger partial charge in [0.05, 0.1) is 0 Å². The molecule has 0 aliphatic rings. The number of aliphatic imine (C=N–C) groups is 1. The fourth-order valence-electron chi connectivity index (χ4n) is 2.11. The van der Waals surface area contributed by atoms with Gasteiger partial charge in [-0.3, -0.25) is 9.98 Å². The van der Waals surface area contributed by atoms with Gasteiger partial charge < -0.3 is 11.1 Å². The van der Waals surface area contributed by atoms with Crippen molar-refractivity contribution in [2.45, 2.75) is 33.1 Å². The van der Waals surface area contributed by atoms with E-state index in [4.69, 9.17) is 5.73 Å². The molecule has 1 aromatic carbocycles. The molecule has 0 aliphatic heterocycles. The lowest BCUT2D eigenvalue weighted by atomic mass is 10.0. The number of nitrogens with one attached hydrogen (secondary N) is 1. The SMILES string of the molecule is Cc1ccc(CCN=C(N)Nc2cccc(C(C)C)c2)cn1.I. The van der Waals surface area contributed by atoms with E-state index in [1.165, 1.54) is 11.1 Å². The Hall–Kier alpha value is -1.63. The second-order valence-electron chi connectivity index (χ2n) is 5.73. The van der Waals surface area contributed by atoms with Crippen molar-refractivity contribution in [2.75, 3.05) is 11.9 Å². The molecule has 0 amide bonds. The van der Waals surface area contributed by atoms with Gasteiger partial charge in [-0.15, -0.1) is 24.0 Å². The first-order chi connectivity index (χ1) is 10.5. The van der Waals surface area contributed by atoms with E-state index in [0.717, 1.165) is 17.8 Å². The number of nitrogens with two attached hydrogens (primary N) is 1. The van der Waals surface area contributed by atoms with Crippen LogP contribution in [0.2, 0.25) is 0 Å². The molecule has 0 fully saturated rings. The molecular weight excluding hydrogens is 399 g/mol. The quantitative estimate of drug-likeness (QED) is 0.432. The number of aromatic nitrogens is 1. The van der Waals surface area contributed by atoms with Gasteiger partial charge in [-0.2, -0.15) is 0 Å². The zero-order valence-corrected chi connectivity index (χ0v) is 16.2. The van der Waals surface area contributed by atoms with Crippen molar-refractivity contribution in [3.8, 4) is 0 Å². The van der Waals surface area contributed by atoms with Crippen LogP contribution < -0.4 is 11.1 Å². The zero-order chi connectivity index (χ0) is 15.9. The van der Waals surface area contributed by atoms with Gasteiger partial charge in [-0.05, 0) is 48.6 Å². The van der Waals surface area contributed by atoms with E-state index in [0.29, 0.717) is 18.4 Å². The molecule has 0 atom stereocenters. The van der Waals surface area contributed by atoms with Crippen LogP contribution in [0.4, 0.5) is 5.69 Å². The van der Waals surface area contributed by atoms with Crippen LogP contribution in [0.5, 0.6) is 0 Å². The normalized spacial score (nSPS) is 11.2. The van der Waals surface area contributed by atoms with E-state index in [-0.39, 0.29) is 24.0 Å². The molecule has 2 aromatic rings. The van der Waals surface area contributed by atoms with Crippen molar-refractivity contribution in [2.24, 2.45) is 10.7 Å². The van der Waals surface area contributed by atoms with E-state index in [2.05, 4.69) is 47.3 Å². The third-order valence-electron chi connectivity index (χ3n) is 3.48. The van der Waals surface area contributed by atoms with Gasteiger partial charge in [0, 0.05) is 24.1 Å². The fraction of sp³-hybridized carbons (Fsp3) is 0.333. The second kappa shape index (κ2) is 9.50. The first kappa shape index (κ1) is 19.4. The van der Waals surface area contributed by atoms with Crippen LogP contribution in [-0.2, 0) is 6.42 Å². The van der Waals surface area contributed by atoms with E-state index in [1.54, 1.807) is 0 Å². The highest BCUT2D eigenvalue weighted by Gasteiger charge is 2.01. The van der Waals surface area contributed by atoms with E-state index < -0.39 is 0 Å². The van der Waals surface area contributed by atoms with Crippen molar-refractivity contribution in [1.82, 2.24) is 4.98 Å². The number of hydrogen-bond donors (Lipinski definition) is 2. The standard InChI is InChI=1S/C18H24N4.HI/c1-13(2)16-5-4-6-17(11-16)22-18(19)20-10-9-15-8-7-14(3)21-12-15;/h4-8,11-13H,9-10H2,1-3H3,(H3,19,20,22);1H. The maximum absolute atomic E-state index is 5.94. The monoisotopic (exact) mass is 424 g/mol. The van der Waals surface area contributed by atoms with Crippen LogP contribution >= 0.6 is 24.0 Å². The Labute approximate surface area is 155 Å². The number of halogens is 1. The van der Waals surface area contributed by atoms with Crippen LogP contribution in [0.3, 0.4) is 0 Å². The van der Waals surface area contributed by atoms with Crippen molar-refractivity contribution in [1.29, 1.82) is 0 Å². The lowest BCUT2D eigenvalue weighted by Crippen LogP contribution is -2.23. The molecular formula is C18H25IN4. The number of anilines is 1. The summed E-state index contributed by atoms with van der Waals surface area (Å²) in [6.07, 6.45) is 2.72. The number of hydrogen-bond acceptors (Lipinski definition) is 2. The Morgan fingerprint density at radius 2 is 2.04 bits per heavy atom. The zero-order valence-electron chi connectivity index (χ0n) is 13.9. The molecule has 2 rings (SSSR count). The van der Waals surface area contributed by atoms with Crippen LogP contribution in [0.15, 0.2) is 47.6 Å². The molecule has 5 heteroatoms. The summed E-state index contributed by atoms with van der Waals surface area (Å²) in [5.41, 5.74) is 10.4. The van der Waals surface area contributed by atoms with Crippen molar-refractivity contribution >= 4 is 35.6 Å². The minimum atomic E-state index is 0. The van der Waals surface area contributed by atoms with Crippen LogP contribution in [0, 0.1) is 6.92 Å². The van der Waals surface area contributed by atoms with Crippen molar-refractivity contribution in [3.05, 3.63) is 59.4 Å². The number of nitrogens with zero attached hydrogens (tertiary/aromatic N) is 2. The fourth-order valence-corrected chi connectivity index (χ4v) is 2.11. The summed E-state index contributed by atoms with van der Waals surface area (Å²) in [7, 11) is 0. The van der Waals surface area contributed by atoms with E-state index >= 15 is 0 Å². The number of pyridine rings is 1. The molecule has 0 saturated heterocycles. The van der Waals surface area contributed by atoms with Gasteiger partial charge in [-0.25, -0.2) is 0 Å². The van der Waals surface area contributed by atoms with Crippen LogP contribution in [0.25, 0.3) is 0 Å². The molecule has 4 nitrogen and oxygen atoms in total. The molecule has 1 aromatic heterocycles. The van der Waals surface area contributed by atoms with Gasteiger partial charge in [0.25, 0.3) is 0 Å². The summed E-state index contributed by atoms with van der Waals surface area (Å²) in [4.78, 5) is 8.64. The van der Waals surface area contributed by atoms with Gasteiger partial charge in [0.1, 0.15) is 0 Å². The highest BCUT2D eigenvalue weighted by molar-refractivity contribution is 14.0. The van der Waals surface area contributed by atoms with Gasteiger partial charge in [0.15, 0.2) is 5.96 Å². The second-order valence-corrected chi connectivity index (χ2v) is 5.73. The Balaban J connectivity index is 0.00000264. The summed E-state index contributed by atoms with van der Waals surface area (Å²) >= 11 is 0. The number of rotatable bonds is 5. The molecule has 124 valence electrons. The summed E-state index contributed by atoms with van der Waals surface area (Å²) in [6.45, 7) is 6.97. The Morgan fingerprint density at radius 1 is 1.26 bits per heavy atom. The lowest BCUT2D eigenvalue weighted by Gasteiger charge is -2.10. The molecule has 0 unspecified atom stereocenters. The molecule has 0 aliphatic carbocycles. The molecule has 3 N–H and O–H groups in total. The highest BCUT2D eigenvalue weighted by atomic mass is 127. The highest BCUT2D eigenvalue weighted by Crippen LogP contribution is 2.18. The first-order valence-corrected chi connectivity index (χ1v) is 7.63. The average Bonchev–Trinajstić information content (AvgIpc) is 2.49. The number of aryl methyl sites for hydroxylation is 1. The number of guanidine groups is 1. The molecule has 0 saturated carbocycles. The molecule has 23 heavy (non-hydrogen) atoms. The topological polar surface area (TPSA) is 63.3 Å². The van der Waals surface area contributed by atoms with Crippen molar-refractivity contribution in [3.63, 3.8) is 0 Å². The average molecular weight is 424 g/mol. The largest absolute Gasteiger partial charge is 0.370 e. The van der Waals surface area contributed by atoms with Crippen molar-refractivity contribution < 1.29 is 0 Å². The third kappa shape index (κ3) is 6.56. The molecule has 0 radical (unpaired) electrons. The predicted octanol–water partition coefficient (Wildman–Crippen LogP) is 4.10. The smallest absolute Gasteiger partial charge is 0.193 e. The van der Waals surface area contributed by atoms with Gasteiger partial charge in [0.2, 0.25) is 0 Å². The minimum Gasteiger partial charge on any atom is -0.370 e. The van der Waals surface area contributed by atoms with E-state index in [1.807, 2.05) is 31.3 Å². The van der Waals surface area contributed by atoms with Gasteiger partial charge >= 0.3 is 0 Å². The first-order valence-electron chi connectivity index (χ1n) is 7.63. The summed E-state index contributed by atoms with van der Waals surface area (Å²) in [5.74, 6) is 0.940. The summed E-state index contributed by atoms with van der Waals surface area (Å²) in [5, 5.41) is 3.14. The molecule has 0 bridgehead atoms. The Morgan fingerprint density at radius 3 is 2.70 bits per heavy atom. The maximum Gasteiger partial charge on any atom is 0.193 e. The lowest BCUT2D eigenvalue weighted by molar-refractivity contribution is 0.867. The summed E-state index contributed by atoms with van der Waals surface area (Å²) in [6, 6.07) is 12.3. The van der Waals surface area contributed by atoms with Gasteiger partial charge in [-0.1, -0.05) is 32.0 Å². The third-order valence-corrected chi connectivity index (χ3v) is 3.48. The van der Waals surface area contributed by atoms with E-state index in [9.17, 15) is 0 Å². The van der Waals surface area contributed by atoms with Crippen LogP contribution in [0.1, 0.15) is 36.6 Å². The number of benzene rings is 1. The summed E-state index contributed by atoms with van der Waals surface area (Å²) < 4.78 is 0. The molecule has 0 spiro atoms.